The minimum Gasteiger partial charge on any atom is -0.444 e. The normalized spacial score (nSPS) is 20.7. The molecule has 0 spiro atoms. The molecule has 0 aliphatic carbocycles. The number of nitrogens with zero attached hydrogens (tertiary/aromatic N) is 3. The zero-order chi connectivity index (χ0) is 23.2. The predicted octanol–water partition coefficient (Wildman–Crippen LogP) is 2.95. The van der Waals surface area contributed by atoms with Crippen molar-refractivity contribution in [2.45, 2.75) is 65.3 Å². The minimum absolute atomic E-state index is 0.00192. The van der Waals surface area contributed by atoms with E-state index >= 15 is 0 Å². The van der Waals surface area contributed by atoms with Gasteiger partial charge in [0.25, 0.3) is 5.69 Å². The molecule has 0 saturated carbocycles. The third kappa shape index (κ3) is 4.96. The van der Waals surface area contributed by atoms with Crippen molar-refractivity contribution in [2.75, 3.05) is 31.1 Å². The number of hydrogen-bond acceptors (Lipinski definition) is 7. The summed E-state index contributed by atoms with van der Waals surface area (Å²) >= 11 is 0. The van der Waals surface area contributed by atoms with E-state index in [1.54, 1.807) is 11.0 Å². The van der Waals surface area contributed by atoms with E-state index in [0.29, 0.717) is 37.3 Å². The lowest BCUT2D eigenvalue weighted by molar-refractivity contribution is -0.384. The zero-order valence-electron chi connectivity index (χ0n) is 19.4. The number of hydrogen-bond donors (Lipinski definition) is 0. The second-order valence-corrected chi connectivity index (χ2v) is 10.0. The Morgan fingerprint density at radius 3 is 2.13 bits per heavy atom. The van der Waals surface area contributed by atoms with Crippen LogP contribution < -0.4 is 10.4 Å². The summed E-state index contributed by atoms with van der Waals surface area (Å²) < 4.78 is 17.5. The first-order chi connectivity index (χ1) is 14.2. The van der Waals surface area contributed by atoms with Crippen molar-refractivity contribution >= 4 is 30.0 Å². The first kappa shape index (κ1) is 23.3. The molecule has 2 heterocycles. The maximum absolute atomic E-state index is 12.3. The molecule has 31 heavy (non-hydrogen) atoms. The Kier molecular flexibility index (Phi) is 6.01. The van der Waals surface area contributed by atoms with Crippen LogP contribution in [0.15, 0.2) is 18.2 Å². The molecule has 2 aliphatic rings. The molecule has 2 aliphatic heterocycles. The third-order valence-corrected chi connectivity index (χ3v) is 5.99. The van der Waals surface area contributed by atoms with Crippen molar-refractivity contribution in [3.8, 4) is 0 Å². The predicted molar refractivity (Wildman–Crippen MR) is 119 cm³/mol. The Morgan fingerprint density at radius 1 is 1.10 bits per heavy atom. The molecule has 0 N–H and O–H groups in total. The summed E-state index contributed by atoms with van der Waals surface area (Å²) in [7, 11) is -0.665. The highest BCUT2D eigenvalue weighted by atomic mass is 16.7. The highest BCUT2D eigenvalue weighted by molar-refractivity contribution is 6.62. The fourth-order valence-electron chi connectivity index (χ4n) is 3.54. The van der Waals surface area contributed by atoms with Gasteiger partial charge in [0.05, 0.1) is 16.1 Å². The van der Waals surface area contributed by atoms with Gasteiger partial charge in [0.1, 0.15) is 11.3 Å². The quantitative estimate of drug-likeness (QED) is 0.411. The number of carbonyl (C=O) groups excluding carboxylic acids is 1. The molecule has 10 heteroatoms. The average Bonchev–Trinajstić information content (AvgIpc) is 2.87. The van der Waals surface area contributed by atoms with Crippen LogP contribution in [0.3, 0.4) is 0 Å². The fraction of sp³-hybridized carbons (Fsp3) is 0.667. The standard InChI is InChI=1S/C21H32BN3O6/c1-19(2,3)29-18(26)24-12-10-23(11-13-24)16-9-8-15(14-17(16)25(27)28)22-30-20(4,5)21(6,7)31-22/h8-9,14H,10-13H2,1-7H3. The van der Waals surface area contributed by atoms with E-state index in [1.165, 1.54) is 6.07 Å². The minimum atomic E-state index is -0.665. The fourth-order valence-corrected chi connectivity index (χ4v) is 3.54. The summed E-state index contributed by atoms with van der Waals surface area (Å²) in [6.07, 6.45) is -0.363. The summed E-state index contributed by atoms with van der Waals surface area (Å²) in [6, 6.07) is 5.07. The van der Waals surface area contributed by atoms with Crippen molar-refractivity contribution in [1.29, 1.82) is 0 Å². The summed E-state index contributed by atoms with van der Waals surface area (Å²) in [5.74, 6) is 0. The number of benzene rings is 1. The van der Waals surface area contributed by atoms with Crippen molar-refractivity contribution in [3.05, 3.63) is 28.3 Å². The SMILES string of the molecule is CC(C)(C)OC(=O)N1CCN(c2ccc(B3OC(C)(C)C(C)(C)O3)cc2[N+](=O)[O-])CC1. The van der Waals surface area contributed by atoms with Gasteiger partial charge in [0, 0.05) is 32.2 Å². The van der Waals surface area contributed by atoms with E-state index in [0.717, 1.165) is 0 Å². The molecule has 9 nitrogen and oxygen atoms in total. The van der Waals surface area contributed by atoms with Gasteiger partial charge in [-0.2, -0.15) is 0 Å². The van der Waals surface area contributed by atoms with Crippen LogP contribution in [-0.2, 0) is 14.0 Å². The van der Waals surface area contributed by atoms with E-state index in [1.807, 2.05) is 59.4 Å². The van der Waals surface area contributed by atoms with Crippen molar-refractivity contribution in [3.63, 3.8) is 0 Å². The lowest BCUT2D eigenvalue weighted by Crippen LogP contribution is -2.50. The van der Waals surface area contributed by atoms with Crippen LogP contribution in [0.4, 0.5) is 16.2 Å². The molecule has 170 valence electrons. The number of rotatable bonds is 3. The van der Waals surface area contributed by atoms with Gasteiger partial charge in [-0.3, -0.25) is 10.1 Å². The lowest BCUT2D eigenvalue weighted by Gasteiger charge is -2.36. The van der Waals surface area contributed by atoms with E-state index in [2.05, 4.69) is 0 Å². The van der Waals surface area contributed by atoms with Crippen LogP contribution in [0.2, 0.25) is 0 Å². The second-order valence-electron chi connectivity index (χ2n) is 10.0. The molecule has 0 radical (unpaired) electrons. The highest BCUT2D eigenvalue weighted by Crippen LogP contribution is 2.37. The van der Waals surface area contributed by atoms with E-state index in [4.69, 9.17) is 14.0 Å². The van der Waals surface area contributed by atoms with Gasteiger partial charge in [-0.05, 0) is 60.0 Å². The number of ether oxygens (including phenoxy) is 1. The van der Waals surface area contributed by atoms with Crippen molar-refractivity contribution in [1.82, 2.24) is 4.90 Å². The first-order valence-electron chi connectivity index (χ1n) is 10.6. The maximum Gasteiger partial charge on any atom is 0.495 e. The molecule has 2 saturated heterocycles. The van der Waals surface area contributed by atoms with Crippen molar-refractivity contribution in [2.24, 2.45) is 0 Å². The molecular weight excluding hydrogens is 401 g/mol. The maximum atomic E-state index is 12.3. The van der Waals surface area contributed by atoms with Gasteiger partial charge in [-0.1, -0.05) is 6.07 Å². The Labute approximate surface area is 183 Å². The first-order valence-corrected chi connectivity index (χ1v) is 10.6. The molecule has 0 bridgehead atoms. The number of anilines is 1. The zero-order valence-corrected chi connectivity index (χ0v) is 19.4. The van der Waals surface area contributed by atoms with Crippen LogP contribution in [0.5, 0.6) is 0 Å². The molecule has 1 aromatic rings. The monoisotopic (exact) mass is 433 g/mol. The number of nitro benzene ring substituents is 1. The second kappa shape index (κ2) is 7.98. The van der Waals surface area contributed by atoms with Gasteiger partial charge < -0.3 is 23.8 Å². The summed E-state index contributed by atoms with van der Waals surface area (Å²) in [4.78, 5) is 27.3. The molecule has 0 unspecified atom stereocenters. The van der Waals surface area contributed by atoms with E-state index in [-0.39, 0.29) is 16.7 Å². The van der Waals surface area contributed by atoms with E-state index < -0.39 is 23.9 Å². The van der Waals surface area contributed by atoms with E-state index in [9.17, 15) is 14.9 Å². The smallest absolute Gasteiger partial charge is 0.444 e. The summed E-state index contributed by atoms with van der Waals surface area (Å²) in [5.41, 5.74) is -0.476. The van der Waals surface area contributed by atoms with Crippen LogP contribution in [0, 0.1) is 10.1 Å². The van der Waals surface area contributed by atoms with Gasteiger partial charge in [-0.15, -0.1) is 0 Å². The van der Waals surface area contributed by atoms with Gasteiger partial charge >= 0.3 is 13.2 Å². The topological polar surface area (TPSA) is 94.4 Å². The van der Waals surface area contributed by atoms with Gasteiger partial charge in [0.15, 0.2) is 0 Å². The Bertz CT molecular complexity index is 843. The summed E-state index contributed by atoms with van der Waals surface area (Å²) in [6.45, 7) is 15.1. The van der Waals surface area contributed by atoms with Crippen LogP contribution in [0.25, 0.3) is 0 Å². The number of carbonyl (C=O) groups is 1. The van der Waals surface area contributed by atoms with Crippen LogP contribution in [0.1, 0.15) is 48.5 Å². The number of piperazine rings is 1. The lowest BCUT2D eigenvalue weighted by atomic mass is 9.78. The molecule has 3 rings (SSSR count). The Balaban J connectivity index is 1.75. The molecule has 0 atom stereocenters. The third-order valence-electron chi connectivity index (χ3n) is 5.99. The number of amides is 1. The average molecular weight is 433 g/mol. The largest absolute Gasteiger partial charge is 0.495 e. The molecule has 0 aromatic heterocycles. The van der Waals surface area contributed by atoms with Gasteiger partial charge in [-0.25, -0.2) is 4.79 Å². The molecule has 2 fully saturated rings. The molecule has 1 aromatic carbocycles. The van der Waals surface area contributed by atoms with Crippen LogP contribution >= 0.6 is 0 Å². The molecule has 1 amide bonds. The number of nitro groups is 1. The molecular formula is C21H32BN3O6. The van der Waals surface area contributed by atoms with Crippen molar-refractivity contribution < 1.29 is 23.8 Å². The Morgan fingerprint density at radius 2 is 1.65 bits per heavy atom. The van der Waals surface area contributed by atoms with Gasteiger partial charge in [0.2, 0.25) is 0 Å². The van der Waals surface area contributed by atoms with Crippen LogP contribution in [-0.4, -0.2) is 66.0 Å². The summed E-state index contributed by atoms with van der Waals surface area (Å²) in [5, 5.41) is 11.8. The highest BCUT2D eigenvalue weighted by Gasteiger charge is 2.52. The Hall–Kier alpha value is -2.33.